The van der Waals surface area contributed by atoms with Crippen LogP contribution in [0.1, 0.15) is 72.6 Å². The van der Waals surface area contributed by atoms with Crippen molar-refractivity contribution in [1.29, 1.82) is 0 Å². The molecular formula is C33H45ClN2O13. The summed E-state index contributed by atoms with van der Waals surface area (Å²) in [5.74, 6) is -3.48. The Morgan fingerprint density at radius 2 is 1.84 bits per heavy atom. The fourth-order valence-corrected chi connectivity index (χ4v) is 9.30. The second-order valence-corrected chi connectivity index (χ2v) is 14.4. The molecule has 0 aromatic heterocycles. The Kier molecular flexibility index (Phi) is 11.5. The maximum absolute atomic E-state index is 14.2. The normalized spacial score (nSPS) is 35.1. The predicted octanol–water partition coefficient (Wildman–Crippen LogP) is 3.15. The van der Waals surface area contributed by atoms with Crippen LogP contribution in [0.15, 0.2) is 23.8 Å². The highest BCUT2D eigenvalue weighted by atomic mass is 35.5. The number of fused-ring (bicyclic) bond motifs is 5. The Morgan fingerprint density at radius 1 is 1.14 bits per heavy atom. The van der Waals surface area contributed by atoms with Crippen molar-refractivity contribution >= 4 is 41.3 Å². The fourth-order valence-electron chi connectivity index (χ4n) is 8.77. The Labute approximate surface area is 288 Å². The molecule has 0 aliphatic heterocycles. The Bertz CT molecular complexity index is 1420. The van der Waals surface area contributed by atoms with Crippen LogP contribution in [0.25, 0.3) is 0 Å². The Balaban J connectivity index is 1.45. The second kappa shape index (κ2) is 14.7. The minimum atomic E-state index is -1.77. The summed E-state index contributed by atoms with van der Waals surface area (Å²) >= 11 is 7.51. The number of hydrogen-bond acceptors (Lipinski definition) is 14. The molecule has 4 rings (SSSR count). The lowest BCUT2D eigenvalue weighted by atomic mass is 9.45. The number of Topliss-reactive ketones (excluding diaryl/α,β-unsaturated/α-hetero) is 1. The SMILES string of the molecule is CCC(=O)O[C@@]1(C(=O)COC(=O)OCC(N)C(=O)OCCCCO[N+](=O)[O-])[C@@H](C)C[C@H]2[C@@H]3CCC4=CC(=O)C=C[C@]4(C)[C@@]3(Cl)[C@@H](O)C[C@@]21C. The van der Waals surface area contributed by atoms with Gasteiger partial charge in [-0.05, 0) is 62.5 Å². The van der Waals surface area contributed by atoms with Crippen molar-refractivity contribution < 1.29 is 58.0 Å². The summed E-state index contributed by atoms with van der Waals surface area (Å²) in [7, 11) is 0. The van der Waals surface area contributed by atoms with Gasteiger partial charge >= 0.3 is 18.1 Å². The molecule has 0 bridgehead atoms. The van der Waals surface area contributed by atoms with Gasteiger partial charge in [0, 0.05) is 23.2 Å². The topological polar surface area (TPSA) is 221 Å². The van der Waals surface area contributed by atoms with Crippen LogP contribution in [-0.4, -0.2) is 88.9 Å². The lowest BCUT2D eigenvalue weighted by molar-refractivity contribution is -0.757. The summed E-state index contributed by atoms with van der Waals surface area (Å²) in [5, 5.41) is 21.1. The lowest BCUT2D eigenvalue weighted by Gasteiger charge is -2.64. The number of nitrogens with two attached hydrogens (primary N) is 1. The molecule has 49 heavy (non-hydrogen) atoms. The number of carbonyl (C=O) groups excluding carboxylic acids is 5. The van der Waals surface area contributed by atoms with Gasteiger partial charge in [0.05, 0.1) is 24.2 Å². The van der Waals surface area contributed by atoms with E-state index in [0.29, 0.717) is 19.3 Å². The van der Waals surface area contributed by atoms with E-state index < -0.39 is 81.5 Å². The number of ketones is 2. The van der Waals surface area contributed by atoms with E-state index in [2.05, 4.69) is 4.84 Å². The summed E-state index contributed by atoms with van der Waals surface area (Å²) in [6.07, 6.45) is 4.44. The van der Waals surface area contributed by atoms with E-state index in [4.69, 9.17) is 36.3 Å². The number of rotatable bonds is 14. The average molecular weight is 713 g/mol. The molecule has 4 aliphatic carbocycles. The van der Waals surface area contributed by atoms with Gasteiger partial charge in [0.2, 0.25) is 5.78 Å². The number of aliphatic hydroxyl groups excluding tert-OH is 1. The highest BCUT2D eigenvalue weighted by molar-refractivity contribution is 6.26. The van der Waals surface area contributed by atoms with Crippen LogP contribution in [0.4, 0.5) is 4.79 Å². The highest BCUT2D eigenvalue weighted by Gasteiger charge is 2.76. The highest BCUT2D eigenvalue weighted by Crippen LogP contribution is 2.72. The molecule has 3 N–H and O–H groups in total. The van der Waals surface area contributed by atoms with E-state index in [9.17, 15) is 39.2 Å². The number of unbranched alkanes of at least 4 members (excludes halogenated alkanes) is 1. The van der Waals surface area contributed by atoms with Gasteiger partial charge in [-0.2, -0.15) is 0 Å². The van der Waals surface area contributed by atoms with Crippen molar-refractivity contribution in [2.75, 3.05) is 26.4 Å². The number of nitrogens with zero attached hydrogens (tertiary/aromatic N) is 1. The van der Waals surface area contributed by atoms with Gasteiger partial charge in [0.15, 0.2) is 18.0 Å². The Hall–Kier alpha value is -3.56. The third-order valence-electron chi connectivity index (χ3n) is 11.1. The first kappa shape index (κ1) is 38.2. The molecule has 16 heteroatoms. The maximum Gasteiger partial charge on any atom is 0.508 e. The van der Waals surface area contributed by atoms with Crippen LogP contribution < -0.4 is 5.73 Å². The molecule has 0 aromatic rings. The van der Waals surface area contributed by atoms with Gasteiger partial charge < -0.3 is 34.6 Å². The molecule has 0 saturated heterocycles. The number of aliphatic hydroxyl groups is 1. The number of ether oxygens (including phenoxy) is 4. The van der Waals surface area contributed by atoms with E-state index in [1.165, 1.54) is 6.08 Å². The number of halogens is 1. The largest absolute Gasteiger partial charge is 0.508 e. The zero-order valence-electron chi connectivity index (χ0n) is 28.1. The van der Waals surface area contributed by atoms with Crippen LogP contribution in [0.2, 0.25) is 0 Å². The average Bonchev–Trinajstić information content (AvgIpc) is 3.26. The van der Waals surface area contributed by atoms with Crippen LogP contribution in [0.3, 0.4) is 0 Å². The second-order valence-electron chi connectivity index (χ2n) is 13.8. The lowest BCUT2D eigenvalue weighted by Crippen LogP contribution is -2.69. The molecular weight excluding hydrogens is 668 g/mol. The van der Waals surface area contributed by atoms with E-state index in [1.54, 1.807) is 26.0 Å². The summed E-state index contributed by atoms with van der Waals surface area (Å²) in [5.41, 5.74) is 2.88. The van der Waals surface area contributed by atoms with E-state index in [0.717, 1.165) is 5.57 Å². The van der Waals surface area contributed by atoms with Crippen LogP contribution in [-0.2, 0) is 43.0 Å². The summed E-state index contributed by atoms with van der Waals surface area (Å²) in [4.78, 5) is 77.1. The third-order valence-corrected chi connectivity index (χ3v) is 12.1. The minimum Gasteiger partial charge on any atom is -0.464 e. The summed E-state index contributed by atoms with van der Waals surface area (Å²) in [6, 6.07) is -1.37. The number of allylic oxidation sites excluding steroid dienone is 4. The number of hydrogen-bond donors (Lipinski definition) is 2. The zero-order valence-corrected chi connectivity index (χ0v) is 28.9. The van der Waals surface area contributed by atoms with Crippen LogP contribution in [0, 0.1) is 38.7 Å². The van der Waals surface area contributed by atoms with Crippen molar-refractivity contribution in [2.45, 2.75) is 95.3 Å². The van der Waals surface area contributed by atoms with Gasteiger partial charge in [-0.1, -0.05) is 39.3 Å². The monoisotopic (exact) mass is 712 g/mol. The van der Waals surface area contributed by atoms with Crippen molar-refractivity contribution in [3.8, 4) is 0 Å². The van der Waals surface area contributed by atoms with Crippen molar-refractivity contribution in [3.63, 3.8) is 0 Å². The molecule has 0 spiro atoms. The molecule has 9 atom stereocenters. The molecule has 15 nitrogen and oxygen atoms in total. The van der Waals surface area contributed by atoms with Gasteiger partial charge in [0.25, 0.3) is 5.09 Å². The molecule has 3 saturated carbocycles. The zero-order chi connectivity index (χ0) is 36.4. The number of esters is 2. The quantitative estimate of drug-likeness (QED) is 0.0660. The third kappa shape index (κ3) is 6.81. The molecule has 0 radical (unpaired) electrons. The smallest absolute Gasteiger partial charge is 0.464 e. The molecule has 4 aliphatic rings. The molecule has 272 valence electrons. The first-order valence-corrected chi connectivity index (χ1v) is 16.9. The first-order chi connectivity index (χ1) is 23.0. The number of alkyl halides is 1. The van der Waals surface area contributed by atoms with Gasteiger partial charge in [0.1, 0.15) is 12.6 Å². The fraction of sp³-hybridized carbons (Fsp3) is 0.727. The van der Waals surface area contributed by atoms with Crippen molar-refractivity contribution in [1.82, 2.24) is 0 Å². The predicted molar refractivity (Wildman–Crippen MR) is 170 cm³/mol. The number of carbonyl (C=O) groups is 5. The molecule has 1 unspecified atom stereocenters. The summed E-state index contributed by atoms with van der Waals surface area (Å²) in [6.45, 7) is 5.43. The van der Waals surface area contributed by atoms with E-state index >= 15 is 0 Å². The van der Waals surface area contributed by atoms with Crippen molar-refractivity contribution in [3.05, 3.63) is 33.9 Å². The first-order valence-electron chi connectivity index (χ1n) is 16.5. The van der Waals surface area contributed by atoms with Gasteiger partial charge in [-0.15, -0.1) is 21.7 Å². The molecule has 0 heterocycles. The molecule has 0 aromatic carbocycles. The molecule has 0 amide bonds. The summed E-state index contributed by atoms with van der Waals surface area (Å²) < 4.78 is 21.1. The van der Waals surface area contributed by atoms with E-state index in [-0.39, 0.29) is 56.5 Å². The van der Waals surface area contributed by atoms with Crippen LogP contribution >= 0.6 is 11.6 Å². The molecule has 3 fully saturated rings. The Morgan fingerprint density at radius 3 is 2.51 bits per heavy atom. The standard InChI is InChI=1S/C33H45ClN2O13/c1-5-27(40)49-33(26(39)18-47-29(42)46-17-24(35)28(41)45-12-6-7-13-48-36(43)44)19(2)14-23-22-9-8-20-15-21(37)10-11-30(20,3)32(22,34)25(38)16-31(23,33)4/h10-11,15,19,22-25,38H,5-9,12-14,16-18,35H2,1-4H3/t19-,22-,23-,24?,25-,30-,31-,32-,33+/m0/s1. The van der Waals surface area contributed by atoms with E-state index in [1.807, 2.05) is 13.8 Å². The van der Waals surface area contributed by atoms with Crippen LogP contribution in [0.5, 0.6) is 0 Å². The van der Waals surface area contributed by atoms with Crippen molar-refractivity contribution in [2.24, 2.45) is 34.3 Å². The van der Waals surface area contributed by atoms with Gasteiger partial charge in [-0.3, -0.25) is 19.2 Å². The minimum absolute atomic E-state index is 0.000434. The maximum atomic E-state index is 14.2. The van der Waals surface area contributed by atoms with Gasteiger partial charge in [-0.25, -0.2) is 4.79 Å².